The lowest BCUT2D eigenvalue weighted by Crippen LogP contribution is -2.50. The van der Waals surface area contributed by atoms with Gasteiger partial charge in [-0.3, -0.25) is 4.90 Å². The molecule has 2 aliphatic heterocycles. The summed E-state index contributed by atoms with van der Waals surface area (Å²) in [6.45, 7) is 0.731. The minimum absolute atomic E-state index is 0.0323. The van der Waals surface area contributed by atoms with Crippen molar-refractivity contribution in [1.29, 1.82) is 0 Å². The summed E-state index contributed by atoms with van der Waals surface area (Å²) in [5, 5.41) is 0. The number of ether oxygens (including phenoxy) is 1. The van der Waals surface area contributed by atoms with E-state index in [2.05, 4.69) is 31.9 Å². The number of piperidine rings is 1. The Kier molecular flexibility index (Phi) is 5.71. The summed E-state index contributed by atoms with van der Waals surface area (Å²) in [7, 11) is -3.76. The van der Waals surface area contributed by atoms with E-state index >= 15 is 0 Å². The van der Waals surface area contributed by atoms with Gasteiger partial charge in [0.15, 0.2) is 0 Å². The van der Waals surface area contributed by atoms with Crippen LogP contribution in [0.3, 0.4) is 0 Å². The number of amides is 1. The van der Waals surface area contributed by atoms with Crippen LogP contribution >= 0.6 is 31.9 Å². The summed E-state index contributed by atoms with van der Waals surface area (Å²) in [5.41, 5.74) is 1.70. The summed E-state index contributed by atoms with van der Waals surface area (Å²) in [6.07, 6.45) is 0.535. The van der Waals surface area contributed by atoms with Gasteiger partial charge in [0, 0.05) is 33.6 Å². The summed E-state index contributed by atoms with van der Waals surface area (Å²) in [5.74, 6) is -0.511. The molecule has 0 saturated carbocycles. The zero-order valence-electron chi connectivity index (χ0n) is 15.1. The molecule has 1 saturated heterocycles. The van der Waals surface area contributed by atoms with E-state index in [0.29, 0.717) is 12.8 Å². The molecule has 4 rings (SSSR count). The Hall–Kier alpha value is -1.49. The largest absolute Gasteiger partial charge is 0.444 e. The molecule has 0 N–H and O–H groups in total. The van der Waals surface area contributed by atoms with E-state index < -0.39 is 21.9 Å². The number of benzene rings is 2. The van der Waals surface area contributed by atoms with Crippen molar-refractivity contribution in [1.82, 2.24) is 4.31 Å². The minimum atomic E-state index is -3.76. The first-order valence-electron chi connectivity index (χ1n) is 8.97. The molecule has 0 spiro atoms. The Balaban J connectivity index is 1.53. The number of anilines is 1. The fourth-order valence-corrected chi connectivity index (χ4v) is 6.61. The minimum Gasteiger partial charge on any atom is -0.444 e. The standard InChI is InChI=1S/C19H17Br2FN2O4S/c20-13-1-3-17-12(9-13)11-28-19(25)24(17)15-5-7-23(8-6-15)29(26,27)18-4-2-14(22)10-16(18)21/h1-4,9-10,15H,5-8,11H2. The zero-order valence-corrected chi connectivity index (χ0v) is 19.1. The molecule has 29 heavy (non-hydrogen) atoms. The third-order valence-corrected chi connectivity index (χ3v) is 8.52. The van der Waals surface area contributed by atoms with Crippen molar-refractivity contribution in [2.24, 2.45) is 0 Å². The van der Waals surface area contributed by atoms with Crippen LogP contribution in [0.4, 0.5) is 14.9 Å². The predicted octanol–water partition coefficient (Wildman–Crippen LogP) is 4.66. The van der Waals surface area contributed by atoms with Crippen molar-refractivity contribution in [2.45, 2.75) is 30.4 Å². The number of fused-ring (bicyclic) bond motifs is 1. The molecule has 10 heteroatoms. The van der Waals surface area contributed by atoms with Gasteiger partial charge in [0.25, 0.3) is 0 Å². The molecule has 154 valence electrons. The lowest BCUT2D eigenvalue weighted by atomic mass is 10.0. The Morgan fingerprint density at radius 2 is 1.79 bits per heavy atom. The van der Waals surface area contributed by atoms with Gasteiger partial charge in [0.05, 0.1) is 10.6 Å². The van der Waals surface area contributed by atoms with Gasteiger partial charge in [-0.2, -0.15) is 4.31 Å². The van der Waals surface area contributed by atoms with Crippen LogP contribution in [0.2, 0.25) is 0 Å². The smallest absolute Gasteiger partial charge is 0.414 e. The highest BCUT2D eigenvalue weighted by Crippen LogP contribution is 2.35. The molecule has 0 bridgehead atoms. The third kappa shape index (κ3) is 3.95. The molecule has 6 nitrogen and oxygen atoms in total. The second-order valence-corrected chi connectivity index (χ2v) is 10.6. The average molecular weight is 548 g/mol. The highest BCUT2D eigenvalue weighted by molar-refractivity contribution is 9.10. The predicted molar refractivity (Wildman–Crippen MR) is 113 cm³/mol. The van der Waals surface area contributed by atoms with Crippen LogP contribution in [-0.2, 0) is 21.4 Å². The Morgan fingerprint density at radius 3 is 2.48 bits per heavy atom. The highest BCUT2D eigenvalue weighted by Gasteiger charge is 2.37. The normalized spacial score (nSPS) is 18.4. The lowest BCUT2D eigenvalue weighted by molar-refractivity contribution is 0.135. The van der Waals surface area contributed by atoms with Crippen molar-refractivity contribution in [3.05, 3.63) is 56.7 Å². The van der Waals surface area contributed by atoms with Crippen LogP contribution in [0, 0.1) is 5.82 Å². The van der Waals surface area contributed by atoms with E-state index in [-0.39, 0.29) is 35.1 Å². The second kappa shape index (κ2) is 7.98. The monoisotopic (exact) mass is 546 g/mol. The number of cyclic esters (lactones) is 1. The molecule has 0 atom stereocenters. The Bertz CT molecular complexity index is 1070. The first kappa shape index (κ1) is 20.8. The first-order chi connectivity index (χ1) is 13.8. The van der Waals surface area contributed by atoms with Crippen molar-refractivity contribution < 1.29 is 22.3 Å². The van der Waals surface area contributed by atoms with Crippen LogP contribution in [0.25, 0.3) is 0 Å². The number of carbonyl (C=O) groups is 1. The SMILES string of the molecule is O=C1OCc2cc(Br)ccc2N1C1CCN(S(=O)(=O)c2ccc(F)cc2Br)CC1. The number of nitrogens with zero attached hydrogens (tertiary/aromatic N) is 2. The molecule has 2 aromatic rings. The molecule has 2 aromatic carbocycles. The quantitative estimate of drug-likeness (QED) is 0.560. The van der Waals surface area contributed by atoms with E-state index in [0.717, 1.165) is 27.9 Å². The van der Waals surface area contributed by atoms with Crippen molar-refractivity contribution in [2.75, 3.05) is 18.0 Å². The van der Waals surface area contributed by atoms with Crippen LogP contribution in [-0.4, -0.2) is 37.9 Å². The number of rotatable bonds is 3. The third-order valence-electron chi connectivity index (χ3n) is 5.15. The molecule has 0 radical (unpaired) electrons. The van der Waals surface area contributed by atoms with Gasteiger partial charge in [-0.1, -0.05) is 15.9 Å². The van der Waals surface area contributed by atoms with Gasteiger partial charge in [-0.05, 0) is 65.2 Å². The van der Waals surface area contributed by atoms with E-state index in [1.54, 1.807) is 4.90 Å². The van der Waals surface area contributed by atoms with Gasteiger partial charge in [0.2, 0.25) is 10.0 Å². The maximum atomic E-state index is 13.3. The van der Waals surface area contributed by atoms with Gasteiger partial charge in [-0.15, -0.1) is 0 Å². The number of hydrogen-bond acceptors (Lipinski definition) is 4. The summed E-state index contributed by atoms with van der Waals surface area (Å²) < 4.78 is 47.0. The van der Waals surface area contributed by atoms with Crippen LogP contribution < -0.4 is 4.90 Å². The van der Waals surface area contributed by atoms with E-state index in [1.807, 2.05) is 18.2 Å². The second-order valence-electron chi connectivity index (χ2n) is 6.91. The van der Waals surface area contributed by atoms with Crippen molar-refractivity contribution in [3.63, 3.8) is 0 Å². The Labute approximate surface area is 184 Å². The van der Waals surface area contributed by atoms with E-state index in [9.17, 15) is 17.6 Å². The maximum absolute atomic E-state index is 13.3. The molecule has 0 aliphatic carbocycles. The topological polar surface area (TPSA) is 66.9 Å². The molecule has 1 amide bonds. The molecule has 2 heterocycles. The van der Waals surface area contributed by atoms with Gasteiger partial charge in [-0.25, -0.2) is 17.6 Å². The summed E-state index contributed by atoms with van der Waals surface area (Å²) in [4.78, 5) is 14.1. The van der Waals surface area contributed by atoms with E-state index in [1.165, 1.54) is 10.4 Å². The molecule has 2 aliphatic rings. The zero-order chi connectivity index (χ0) is 20.8. The lowest BCUT2D eigenvalue weighted by Gasteiger charge is -2.39. The number of hydrogen-bond donors (Lipinski definition) is 0. The maximum Gasteiger partial charge on any atom is 0.414 e. The van der Waals surface area contributed by atoms with Gasteiger partial charge >= 0.3 is 6.09 Å². The van der Waals surface area contributed by atoms with Crippen LogP contribution in [0.1, 0.15) is 18.4 Å². The molecular weight excluding hydrogens is 531 g/mol. The van der Waals surface area contributed by atoms with Crippen LogP contribution in [0.5, 0.6) is 0 Å². The first-order valence-corrected chi connectivity index (χ1v) is 12.0. The fraction of sp³-hybridized carbons (Fsp3) is 0.316. The molecule has 0 aromatic heterocycles. The van der Waals surface area contributed by atoms with Crippen molar-refractivity contribution in [3.8, 4) is 0 Å². The molecular formula is C19H17Br2FN2O4S. The number of halogens is 3. The molecule has 1 fully saturated rings. The molecule has 0 unspecified atom stereocenters. The van der Waals surface area contributed by atoms with E-state index in [4.69, 9.17) is 4.74 Å². The van der Waals surface area contributed by atoms with Crippen molar-refractivity contribution >= 4 is 53.7 Å². The highest BCUT2D eigenvalue weighted by atomic mass is 79.9. The Morgan fingerprint density at radius 1 is 1.07 bits per heavy atom. The number of sulfonamides is 1. The summed E-state index contributed by atoms with van der Waals surface area (Å²) in [6, 6.07) is 9.03. The van der Waals surface area contributed by atoms with Gasteiger partial charge < -0.3 is 4.74 Å². The average Bonchev–Trinajstić information content (AvgIpc) is 2.68. The summed E-state index contributed by atoms with van der Waals surface area (Å²) >= 11 is 6.56. The van der Waals surface area contributed by atoms with Gasteiger partial charge in [0.1, 0.15) is 12.4 Å². The fourth-order valence-electron chi connectivity index (χ4n) is 3.72. The number of carbonyl (C=O) groups excluding carboxylic acids is 1. The van der Waals surface area contributed by atoms with Crippen LogP contribution in [0.15, 0.2) is 50.2 Å².